The third-order valence-corrected chi connectivity index (χ3v) is 12.0. The van der Waals surface area contributed by atoms with E-state index in [1.807, 2.05) is 18.2 Å². The summed E-state index contributed by atoms with van der Waals surface area (Å²) >= 11 is 0. The van der Waals surface area contributed by atoms with E-state index in [2.05, 4.69) is 78.5 Å². The number of unbranched alkanes of at least 4 members (excludes halogenated alkanes) is 12. The Balaban J connectivity index is 2.09. The van der Waals surface area contributed by atoms with Crippen LogP contribution >= 0.6 is 0 Å². The molecule has 0 radical (unpaired) electrons. The minimum absolute atomic E-state index is 0.251. The van der Waals surface area contributed by atoms with E-state index in [1.54, 1.807) is 0 Å². The van der Waals surface area contributed by atoms with Crippen molar-refractivity contribution >= 4 is 18.7 Å². The molecule has 0 aromatic heterocycles. The highest BCUT2D eigenvalue weighted by atomic mass is 28.4. The Hall–Kier alpha value is -2.37. The van der Waals surface area contributed by atoms with Crippen molar-refractivity contribution in [3.05, 3.63) is 83.3 Å². The molecule has 0 aliphatic heterocycles. The molecule has 0 saturated heterocycles. The van der Waals surface area contributed by atoms with Crippen LogP contribution in [0.15, 0.2) is 77.9 Å². The minimum atomic E-state index is -2.69. The molecule has 0 aliphatic rings. The third kappa shape index (κ3) is 12.0. The first-order chi connectivity index (χ1) is 19.7. The van der Waals surface area contributed by atoms with Crippen LogP contribution in [-0.4, -0.2) is 32.2 Å². The molecule has 0 heterocycles. The summed E-state index contributed by atoms with van der Waals surface area (Å²) in [6.07, 6.45) is 21.4. The Labute approximate surface area is 244 Å². The van der Waals surface area contributed by atoms with Crippen molar-refractivity contribution in [2.24, 2.45) is 5.11 Å². The Bertz CT molecular complexity index is 924. The number of azide groups is 1. The molecule has 0 aliphatic carbocycles. The van der Waals surface area contributed by atoms with Crippen molar-refractivity contribution in [2.45, 2.75) is 122 Å². The number of rotatable bonds is 23. The Morgan fingerprint density at radius 2 is 1.27 bits per heavy atom. The van der Waals surface area contributed by atoms with E-state index in [0.717, 1.165) is 31.7 Å². The Morgan fingerprint density at radius 3 is 1.75 bits per heavy atom. The van der Waals surface area contributed by atoms with E-state index in [1.165, 1.54) is 74.6 Å². The van der Waals surface area contributed by atoms with Gasteiger partial charge in [0, 0.05) is 4.91 Å². The van der Waals surface area contributed by atoms with Gasteiger partial charge in [-0.05, 0) is 34.8 Å². The molecule has 5 nitrogen and oxygen atoms in total. The smallest absolute Gasteiger partial charge is 0.256 e. The fourth-order valence-corrected chi connectivity index (χ4v) is 9.71. The van der Waals surface area contributed by atoms with Crippen molar-refractivity contribution < 1.29 is 9.53 Å². The average Bonchev–Trinajstić information content (AvgIpc) is 3.00. The second kappa shape index (κ2) is 21.4. The van der Waals surface area contributed by atoms with Gasteiger partial charge >= 0.3 is 0 Å². The Kier molecular flexibility index (Phi) is 18.1. The van der Waals surface area contributed by atoms with Crippen LogP contribution in [0.5, 0.6) is 0 Å². The summed E-state index contributed by atoms with van der Waals surface area (Å²) in [4.78, 5) is 3.05. The van der Waals surface area contributed by atoms with Crippen molar-refractivity contribution in [1.29, 1.82) is 0 Å². The van der Waals surface area contributed by atoms with E-state index in [9.17, 15) is 10.6 Å². The maximum Gasteiger partial charge on any atom is 0.256 e. The molecule has 40 heavy (non-hydrogen) atoms. The van der Waals surface area contributed by atoms with E-state index < -0.39 is 20.5 Å². The third-order valence-electron chi connectivity index (χ3n) is 7.77. The van der Waals surface area contributed by atoms with Crippen LogP contribution in [-0.2, 0) is 4.43 Å². The summed E-state index contributed by atoms with van der Waals surface area (Å²) in [5, 5.41) is 16.5. The summed E-state index contributed by atoms with van der Waals surface area (Å²) in [5.74, 6) is 0. The molecule has 0 unspecified atom stereocenters. The van der Waals surface area contributed by atoms with Gasteiger partial charge in [0.2, 0.25) is 0 Å². The zero-order valence-electron chi connectivity index (χ0n) is 25.1. The van der Waals surface area contributed by atoms with Crippen molar-refractivity contribution in [3.63, 3.8) is 0 Å². The predicted octanol–water partition coefficient (Wildman–Crippen LogP) is 8.86. The molecule has 2 aromatic rings. The number of hydrogen-bond acceptors (Lipinski definition) is 3. The lowest BCUT2D eigenvalue weighted by Gasteiger charge is -2.37. The Morgan fingerprint density at radius 1 is 0.775 bits per heavy atom. The van der Waals surface area contributed by atoms with E-state index in [0.29, 0.717) is 0 Å². The van der Waals surface area contributed by atoms with Gasteiger partial charge < -0.3 is 9.53 Å². The van der Waals surface area contributed by atoms with Gasteiger partial charge in [0.15, 0.2) is 0 Å². The first kappa shape index (κ1) is 33.8. The second-order valence-corrected chi connectivity index (χ2v) is 14.5. The summed E-state index contributed by atoms with van der Waals surface area (Å²) in [5.41, 5.74) is 9.25. The second-order valence-electron chi connectivity index (χ2n) is 11.0. The SMILES string of the molecule is CCCCCCCCCCCCC/C=C/[C@@H](O[Si](CCCC)(c1ccccc1)c1ccccc1)[C@H](CO)N=[N+]=[N-]. The summed E-state index contributed by atoms with van der Waals surface area (Å²) in [6.45, 7) is 4.22. The van der Waals surface area contributed by atoms with Crippen molar-refractivity contribution in [3.8, 4) is 0 Å². The highest BCUT2D eigenvalue weighted by molar-refractivity contribution is 6.97. The van der Waals surface area contributed by atoms with E-state index in [4.69, 9.17) is 4.43 Å². The number of aliphatic hydroxyl groups is 1. The molecule has 2 rings (SSSR count). The quantitative estimate of drug-likeness (QED) is 0.0366. The minimum Gasteiger partial charge on any atom is -0.401 e. The van der Waals surface area contributed by atoms with E-state index >= 15 is 0 Å². The van der Waals surface area contributed by atoms with Crippen LogP contribution in [0.2, 0.25) is 6.04 Å². The maximum absolute atomic E-state index is 10.2. The van der Waals surface area contributed by atoms with Crippen LogP contribution in [0.4, 0.5) is 0 Å². The first-order valence-electron chi connectivity index (χ1n) is 15.8. The molecule has 1 N–H and O–H groups in total. The molecule has 0 spiro atoms. The van der Waals surface area contributed by atoms with Gasteiger partial charge in [0.05, 0.1) is 18.8 Å². The van der Waals surface area contributed by atoms with Gasteiger partial charge in [-0.1, -0.05) is 169 Å². The van der Waals surface area contributed by atoms with Gasteiger partial charge in [-0.25, -0.2) is 0 Å². The summed E-state index contributed by atoms with van der Waals surface area (Å²) < 4.78 is 7.15. The zero-order chi connectivity index (χ0) is 28.7. The first-order valence-corrected chi connectivity index (χ1v) is 17.9. The van der Waals surface area contributed by atoms with Crippen LogP contribution < -0.4 is 10.4 Å². The number of benzene rings is 2. The van der Waals surface area contributed by atoms with Gasteiger partial charge in [-0.2, -0.15) is 0 Å². The molecule has 0 amide bonds. The topological polar surface area (TPSA) is 78.2 Å². The molecule has 0 saturated carbocycles. The fraction of sp³-hybridized carbons (Fsp3) is 0.588. The maximum atomic E-state index is 10.2. The molecule has 0 bridgehead atoms. The highest BCUT2D eigenvalue weighted by Crippen LogP contribution is 2.22. The van der Waals surface area contributed by atoms with Gasteiger partial charge in [0.1, 0.15) is 0 Å². The zero-order valence-corrected chi connectivity index (χ0v) is 26.1. The van der Waals surface area contributed by atoms with Crippen LogP contribution in [0, 0.1) is 0 Å². The molecule has 2 atom stereocenters. The van der Waals surface area contributed by atoms with Crippen molar-refractivity contribution in [2.75, 3.05) is 6.61 Å². The molecule has 0 fully saturated rings. The van der Waals surface area contributed by atoms with Crippen LogP contribution in [0.3, 0.4) is 0 Å². The fourth-order valence-electron chi connectivity index (χ4n) is 5.40. The highest BCUT2D eigenvalue weighted by Gasteiger charge is 2.42. The lowest BCUT2D eigenvalue weighted by molar-refractivity contribution is 0.158. The normalized spacial score (nSPS) is 13.3. The predicted molar refractivity (Wildman–Crippen MR) is 173 cm³/mol. The molecule has 6 heteroatoms. The molecule has 220 valence electrons. The van der Waals surface area contributed by atoms with Crippen LogP contribution in [0.25, 0.3) is 10.4 Å². The number of nitrogens with zero attached hydrogens (tertiary/aromatic N) is 3. The number of aliphatic hydroxyl groups excluding tert-OH is 1. The summed E-state index contributed by atoms with van der Waals surface area (Å²) in [7, 11) is -2.69. The van der Waals surface area contributed by atoms with Gasteiger partial charge in [-0.3, -0.25) is 0 Å². The number of allylic oxidation sites excluding steroid dienone is 1. The van der Waals surface area contributed by atoms with Crippen LogP contribution in [0.1, 0.15) is 104 Å². The lowest BCUT2D eigenvalue weighted by atomic mass is 10.0. The van der Waals surface area contributed by atoms with Gasteiger partial charge in [-0.15, -0.1) is 0 Å². The average molecular weight is 564 g/mol. The summed E-state index contributed by atoms with van der Waals surface area (Å²) in [6, 6.07) is 21.3. The molecular formula is C34H53N3O2Si. The number of hydrogen-bond donors (Lipinski definition) is 1. The molecule has 2 aromatic carbocycles. The largest absolute Gasteiger partial charge is 0.401 e. The molecular weight excluding hydrogens is 510 g/mol. The van der Waals surface area contributed by atoms with Crippen molar-refractivity contribution in [1.82, 2.24) is 0 Å². The monoisotopic (exact) mass is 563 g/mol. The van der Waals surface area contributed by atoms with E-state index in [-0.39, 0.29) is 6.61 Å². The van der Waals surface area contributed by atoms with Gasteiger partial charge in [0.25, 0.3) is 8.32 Å². The standard InChI is InChI=1S/C34H53N3O2Si/c1-3-5-7-8-9-10-11-12-13-14-15-16-23-28-34(33(30-38)36-37-35)39-40(29-6-4-2,31-24-19-17-20-25-31)32-26-21-18-22-27-32/h17-28,33-34,38H,3-16,29-30H2,1-2H3/b28-23+/t33-,34+/m0/s1. The lowest BCUT2D eigenvalue weighted by Crippen LogP contribution is -2.63.